The van der Waals surface area contributed by atoms with E-state index in [2.05, 4.69) is 0 Å². The van der Waals surface area contributed by atoms with Gasteiger partial charge in [-0.25, -0.2) is 13.2 Å². The summed E-state index contributed by atoms with van der Waals surface area (Å²) in [5, 5.41) is 0. The summed E-state index contributed by atoms with van der Waals surface area (Å²) in [7, 11) is -1.49. The minimum Gasteiger partial charge on any atom is -0.493 e. The van der Waals surface area contributed by atoms with Crippen LogP contribution in [0, 0.1) is 5.92 Å². The van der Waals surface area contributed by atoms with Crippen molar-refractivity contribution >= 4 is 15.8 Å². The molecule has 7 heteroatoms. The maximum absolute atomic E-state index is 11.9. The van der Waals surface area contributed by atoms with Crippen molar-refractivity contribution in [1.82, 2.24) is 0 Å². The number of rotatable bonds is 4. The van der Waals surface area contributed by atoms with E-state index in [1.807, 2.05) is 18.2 Å². The Bertz CT molecular complexity index is 1010. The van der Waals surface area contributed by atoms with Crippen LogP contribution in [0.1, 0.15) is 28.8 Å². The third-order valence-corrected chi connectivity index (χ3v) is 7.27. The number of carbonyl (C=O) groups excluding carboxylic acids is 1. The lowest BCUT2D eigenvalue weighted by molar-refractivity contribution is 0.0600. The van der Waals surface area contributed by atoms with E-state index >= 15 is 0 Å². The molecule has 2 aliphatic rings. The lowest BCUT2D eigenvalue weighted by Crippen LogP contribution is -2.26. The molecule has 2 aromatic carbocycles. The summed E-state index contributed by atoms with van der Waals surface area (Å²) < 4.78 is 39.8. The summed E-state index contributed by atoms with van der Waals surface area (Å²) in [5.41, 5.74) is 3.45. The van der Waals surface area contributed by atoms with E-state index in [4.69, 9.17) is 14.2 Å². The molecule has 6 nitrogen and oxygen atoms in total. The molecule has 4 rings (SSSR count). The zero-order valence-corrected chi connectivity index (χ0v) is 17.2. The zero-order valence-electron chi connectivity index (χ0n) is 16.3. The average molecular weight is 416 g/mol. The van der Waals surface area contributed by atoms with Crippen molar-refractivity contribution in [3.05, 3.63) is 47.5 Å². The Hall–Kier alpha value is -2.54. The van der Waals surface area contributed by atoms with Crippen LogP contribution in [0.25, 0.3) is 11.1 Å². The van der Waals surface area contributed by atoms with Crippen molar-refractivity contribution in [2.24, 2.45) is 5.92 Å². The van der Waals surface area contributed by atoms with Gasteiger partial charge in [0.25, 0.3) is 0 Å². The third kappa shape index (κ3) is 4.40. The fourth-order valence-electron chi connectivity index (χ4n) is 3.83. The monoisotopic (exact) mass is 416 g/mol. The first-order valence-corrected chi connectivity index (χ1v) is 11.6. The first-order valence-electron chi connectivity index (χ1n) is 9.77. The highest BCUT2D eigenvalue weighted by atomic mass is 32.2. The fourth-order valence-corrected chi connectivity index (χ4v) is 5.42. The van der Waals surface area contributed by atoms with Gasteiger partial charge in [0.1, 0.15) is 21.3 Å². The fraction of sp³-hybridized carbons (Fsp3) is 0.409. The van der Waals surface area contributed by atoms with Crippen LogP contribution >= 0.6 is 0 Å². The van der Waals surface area contributed by atoms with Crippen molar-refractivity contribution in [1.29, 1.82) is 0 Å². The van der Waals surface area contributed by atoms with Gasteiger partial charge < -0.3 is 14.2 Å². The van der Waals surface area contributed by atoms with E-state index in [9.17, 15) is 13.2 Å². The summed E-state index contributed by atoms with van der Waals surface area (Å²) in [6, 6.07) is 11.2. The van der Waals surface area contributed by atoms with Gasteiger partial charge in [-0.05, 0) is 60.2 Å². The summed E-state index contributed by atoms with van der Waals surface area (Å²) in [6.07, 6.45) is 2.05. The van der Waals surface area contributed by atoms with E-state index < -0.39 is 9.84 Å². The van der Waals surface area contributed by atoms with E-state index in [1.54, 1.807) is 18.2 Å². The molecule has 154 valence electrons. The van der Waals surface area contributed by atoms with Crippen molar-refractivity contribution in [3.63, 3.8) is 0 Å². The molecule has 0 bridgehead atoms. The van der Waals surface area contributed by atoms with E-state index in [1.165, 1.54) is 7.11 Å². The lowest BCUT2D eigenvalue weighted by atomic mass is 9.96. The lowest BCUT2D eigenvalue weighted by Gasteiger charge is -2.22. The predicted octanol–water partition coefficient (Wildman–Crippen LogP) is 3.28. The topological polar surface area (TPSA) is 78.9 Å². The second-order valence-electron chi connectivity index (χ2n) is 7.53. The number of esters is 1. The van der Waals surface area contributed by atoms with Crippen LogP contribution in [0.3, 0.4) is 0 Å². The predicted molar refractivity (Wildman–Crippen MR) is 109 cm³/mol. The van der Waals surface area contributed by atoms with Gasteiger partial charge in [-0.3, -0.25) is 0 Å². The van der Waals surface area contributed by atoms with Crippen LogP contribution in [0.5, 0.6) is 11.5 Å². The van der Waals surface area contributed by atoms with Gasteiger partial charge in [-0.2, -0.15) is 0 Å². The molecule has 0 unspecified atom stereocenters. The average Bonchev–Trinajstić information content (AvgIpc) is 2.90. The highest BCUT2D eigenvalue weighted by Crippen LogP contribution is 2.38. The molecule has 1 fully saturated rings. The van der Waals surface area contributed by atoms with Crippen LogP contribution in [-0.4, -0.2) is 46.2 Å². The van der Waals surface area contributed by atoms with Gasteiger partial charge in [-0.1, -0.05) is 6.07 Å². The number of hydrogen-bond donors (Lipinski definition) is 0. The molecular formula is C22H24O6S. The Balaban J connectivity index is 1.53. The molecule has 0 aromatic heterocycles. The second-order valence-corrected chi connectivity index (χ2v) is 9.83. The Labute approximate surface area is 170 Å². The Morgan fingerprint density at radius 2 is 1.90 bits per heavy atom. The molecule has 2 heterocycles. The standard InChI is InChI=1S/C22H24O6S/c1-26-22(23)17-2-5-21-20(13-17)19-4-3-18(12-16(19)6-9-27-21)28-14-15-7-10-29(24,25)11-8-15/h2-5,12-13,15H,6-11,14H2,1H3. The van der Waals surface area contributed by atoms with Crippen LogP contribution in [0.2, 0.25) is 0 Å². The quantitative estimate of drug-likeness (QED) is 0.712. The molecule has 29 heavy (non-hydrogen) atoms. The van der Waals surface area contributed by atoms with Gasteiger partial charge in [0.2, 0.25) is 0 Å². The normalized spacial score (nSPS) is 18.0. The van der Waals surface area contributed by atoms with Crippen molar-refractivity contribution in [3.8, 4) is 22.6 Å². The molecule has 1 saturated heterocycles. The molecule has 0 atom stereocenters. The Morgan fingerprint density at radius 3 is 2.66 bits per heavy atom. The van der Waals surface area contributed by atoms with Crippen LogP contribution < -0.4 is 9.47 Å². The molecule has 0 N–H and O–H groups in total. The molecule has 0 spiro atoms. The number of fused-ring (bicyclic) bond motifs is 3. The molecule has 0 aliphatic carbocycles. The van der Waals surface area contributed by atoms with Crippen LogP contribution in [0.15, 0.2) is 36.4 Å². The zero-order chi connectivity index (χ0) is 20.4. The number of methoxy groups -OCH3 is 1. The minimum absolute atomic E-state index is 0.252. The summed E-state index contributed by atoms with van der Waals surface area (Å²) in [5.74, 6) is 1.90. The Morgan fingerprint density at radius 1 is 1.10 bits per heavy atom. The maximum atomic E-state index is 11.9. The summed E-state index contributed by atoms with van der Waals surface area (Å²) in [4.78, 5) is 11.9. The number of sulfone groups is 1. The van der Waals surface area contributed by atoms with E-state index in [-0.39, 0.29) is 23.4 Å². The van der Waals surface area contributed by atoms with Gasteiger partial charge >= 0.3 is 5.97 Å². The van der Waals surface area contributed by atoms with Gasteiger partial charge in [0.05, 0.1) is 37.4 Å². The van der Waals surface area contributed by atoms with E-state index in [0.29, 0.717) is 31.6 Å². The highest BCUT2D eigenvalue weighted by molar-refractivity contribution is 7.91. The smallest absolute Gasteiger partial charge is 0.337 e. The van der Waals surface area contributed by atoms with Gasteiger partial charge in [0, 0.05) is 12.0 Å². The number of ether oxygens (including phenoxy) is 3. The molecule has 2 aliphatic heterocycles. The first-order chi connectivity index (χ1) is 13.9. The second kappa shape index (κ2) is 8.06. The third-order valence-electron chi connectivity index (χ3n) is 5.56. The number of carbonyl (C=O) groups is 1. The maximum Gasteiger partial charge on any atom is 0.337 e. The SMILES string of the molecule is COC(=O)c1ccc2c(c1)-c1ccc(OCC3CCS(=O)(=O)CC3)cc1CCO2. The Kier molecular flexibility index (Phi) is 5.50. The van der Waals surface area contributed by atoms with Crippen LogP contribution in [0.4, 0.5) is 0 Å². The molecule has 0 amide bonds. The minimum atomic E-state index is -2.86. The molecule has 0 saturated carbocycles. The summed E-state index contributed by atoms with van der Waals surface area (Å²) >= 11 is 0. The molecular weight excluding hydrogens is 392 g/mol. The first kappa shape index (κ1) is 19.8. The number of hydrogen-bond acceptors (Lipinski definition) is 6. The number of benzene rings is 2. The van der Waals surface area contributed by atoms with Crippen molar-refractivity contribution < 1.29 is 27.4 Å². The summed E-state index contributed by atoms with van der Waals surface area (Å²) in [6.45, 7) is 1.06. The van der Waals surface area contributed by atoms with Crippen LogP contribution in [-0.2, 0) is 21.0 Å². The van der Waals surface area contributed by atoms with Crippen molar-refractivity contribution in [2.75, 3.05) is 31.8 Å². The largest absolute Gasteiger partial charge is 0.493 e. The highest BCUT2D eigenvalue weighted by Gasteiger charge is 2.24. The van der Waals surface area contributed by atoms with Gasteiger partial charge in [0.15, 0.2) is 0 Å². The molecule has 2 aromatic rings. The molecule has 0 radical (unpaired) electrons. The van der Waals surface area contributed by atoms with Gasteiger partial charge in [-0.15, -0.1) is 0 Å². The van der Waals surface area contributed by atoms with E-state index in [0.717, 1.165) is 34.6 Å². The van der Waals surface area contributed by atoms with Crippen molar-refractivity contribution in [2.45, 2.75) is 19.3 Å².